The molecule has 5 nitrogen and oxygen atoms in total. The molecule has 2 atom stereocenters. The van der Waals surface area contributed by atoms with Gasteiger partial charge >= 0.3 is 0 Å². The van der Waals surface area contributed by atoms with Gasteiger partial charge in [0.15, 0.2) is 0 Å². The Kier molecular flexibility index (Phi) is 4.28. The van der Waals surface area contributed by atoms with Gasteiger partial charge in [-0.25, -0.2) is 4.98 Å². The summed E-state index contributed by atoms with van der Waals surface area (Å²) in [5.41, 5.74) is 7.28. The number of anilines is 1. The highest BCUT2D eigenvalue weighted by atomic mass is 16.5. The Morgan fingerprint density at radius 1 is 1.45 bits per heavy atom. The maximum Gasteiger partial charge on any atom is 0.254 e. The van der Waals surface area contributed by atoms with Crippen LogP contribution in [0.5, 0.6) is 0 Å². The zero-order chi connectivity index (χ0) is 14.9. The van der Waals surface area contributed by atoms with Crippen molar-refractivity contribution in [3.05, 3.63) is 23.4 Å². The van der Waals surface area contributed by atoms with Crippen molar-refractivity contribution in [2.24, 2.45) is 0 Å². The van der Waals surface area contributed by atoms with Crippen molar-refractivity contribution >= 4 is 11.7 Å². The summed E-state index contributed by atoms with van der Waals surface area (Å²) >= 11 is 0. The van der Waals surface area contributed by atoms with E-state index in [4.69, 9.17) is 10.5 Å². The quantitative estimate of drug-likeness (QED) is 0.898. The van der Waals surface area contributed by atoms with Crippen LogP contribution < -0.4 is 5.73 Å². The minimum absolute atomic E-state index is 0.00338. The summed E-state index contributed by atoms with van der Waals surface area (Å²) in [5, 5.41) is 0. The molecule has 2 heterocycles. The normalized spacial score (nSPS) is 23.1. The van der Waals surface area contributed by atoms with Crippen molar-refractivity contribution in [2.45, 2.75) is 45.8 Å². The van der Waals surface area contributed by atoms with Gasteiger partial charge in [0.25, 0.3) is 5.91 Å². The first kappa shape index (κ1) is 14.8. The second kappa shape index (κ2) is 5.79. The summed E-state index contributed by atoms with van der Waals surface area (Å²) in [6.07, 6.45) is 0.0684. The molecular weight excluding hydrogens is 254 g/mol. The number of pyridine rings is 1. The van der Waals surface area contributed by atoms with E-state index in [1.807, 2.05) is 38.7 Å². The Bertz CT molecular complexity index is 502. The molecule has 1 aromatic rings. The van der Waals surface area contributed by atoms with E-state index < -0.39 is 0 Å². The van der Waals surface area contributed by atoms with Crippen LogP contribution >= 0.6 is 0 Å². The largest absolute Gasteiger partial charge is 0.384 e. The van der Waals surface area contributed by atoms with Crippen LogP contribution in [0, 0.1) is 0 Å². The van der Waals surface area contributed by atoms with Gasteiger partial charge < -0.3 is 15.4 Å². The molecule has 0 bridgehead atoms. The fourth-order valence-corrected chi connectivity index (χ4v) is 2.35. The van der Waals surface area contributed by atoms with Crippen molar-refractivity contribution in [3.8, 4) is 0 Å². The second-order valence-electron chi connectivity index (χ2n) is 5.81. The highest BCUT2D eigenvalue weighted by Gasteiger charge is 2.28. The van der Waals surface area contributed by atoms with Gasteiger partial charge in [0, 0.05) is 17.8 Å². The van der Waals surface area contributed by atoms with Gasteiger partial charge in [0.1, 0.15) is 5.82 Å². The number of morpholine rings is 1. The molecule has 0 aromatic carbocycles. The van der Waals surface area contributed by atoms with Crippen LogP contribution in [0.4, 0.5) is 5.82 Å². The topological polar surface area (TPSA) is 68.5 Å². The molecule has 0 aliphatic carbocycles. The summed E-state index contributed by atoms with van der Waals surface area (Å²) in [5.74, 6) is 0.642. The minimum Gasteiger partial charge on any atom is -0.384 e. The lowest BCUT2D eigenvalue weighted by Gasteiger charge is -2.37. The smallest absolute Gasteiger partial charge is 0.254 e. The first-order valence-electron chi connectivity index (χ1n) is 7.08. The van der Waals surface area contributed by atoms with E-state index in [1.54, 1.807) is 6.07 Å². The van der Waals surface area contributed by atoms with Gasteiger partial charge in [-0.2, -0.15) is 0 Å². The highest BCUT2D eigenvalue weighted by Crippen LogP contribution is 2.20. The lowest BCUT2D eigenvalue weighted by Crippen LogP contribution is -2.50. The van der Waals surface area contributed by atoms with E-state index in [-0.39, 0.29) is 24.0 Å². The lowest BCUT2D eigenvalue weighted by molar-refractivity contribution is -0.0387. The van der Waals surface area contributed by atoms with E-state index in [1.165, 1.54) is 0 Å². The Balaban J connectivity index is 2.28. The SMILES string of the molecule is CC1CN(C(=O)c2cc(N)nc(C(C)C)c2)C(C)CO1. The maximum atomic E-state index is 12.7. The van der Waals surface area contributed by atoms with Gasteiger partial charge in [-0.3, -0.25) is 4.79 Å². The first-order valence-corrected chi connectivity index (χ1v) is 7.08. The Labute approximate surface area is 120 Å². The van der Waals surface area contributed by atoms with Crippen LogP contribution in [0.25, 0.3) is 0 Å². The number of carbonyl (C=O) groups excluding carboxylic acids is 1. The number of nitrogens with zero attached hydrogens (tertiary/aromatic N) is 2. The summed E-state index contributed by atoms with van der Waals surface area (Å²) < 4.78 is 5.56. The molecule has 1 aliphatic heterocycles. The van der Waals surface area contributed by atoms with E-state index in [2.05, 4.69) is 4.98 Å². The number of hydrogen-bond donors (Lipinski definition) is 1. The van der Waals surface area contributed by atoms with Gasteiger partial charge in [-0.15, -0.1) is 0 Å². The predicted octanol–water partition coefficient (Wildman–Crippen LogP) is 2.04. The molecule has 1 amide bonds. The van der Waals surface area contributed by atoms with Crippen molar-refractivity contribution < 1.29 is 9.53 Å². The van der Waals surface area contributed by atoms with Gasteiger partial charge in [0.05, 0.1) is 18.8 Å². The number of aromatic nitrogens is 1. The maximum absolute atomic E-state index is 12.7. The Morgan fingerprint density at radius 3 is 2.80 bits per heavy atom. The molecule has 1 aromatic heterocycles. The van der Waals surface area contributed by atoms with Crippen LogP contribution in [-0.2, 0) is 4.74 Å². The number of rotatable bonds is 2. The molecule has 5 heteroatoms. The van der Waals surface area contributed by atoms with Crippen LogP contribution in [-0.4, -0.2) is 41.1 Å². The number of nitrogens with two attached hydrogens (primary N) is 1. The molecule has 2 rings (SSSR count). The van der Waals surface area contributed by atoms with Crippen LogP contribution in [0.15, 0.2) is 12.1 Å². The zero-order valence-corrected chi connectivity index (χ0v) is 12.6. The number of amides is 1. The number of ether oxygens (including phenoxy) is 1. The summed E-state index contributed by atoms with van der Waals surface area (Å²) in [7, 11) is 0. The monoisotopic (exact) mass is 277 g/mol. The van der Waals surface area contributed by atoms with E-state index >= 15 is 0 Å². The number of hydrogen-bond acceptors (Lipinski definition) is 4. The van der Waals surface area contributed by atoms with Crippen molar-refractivity contribution in [3.63, 3.8) is 0 Å². The van der Waals surface area contributed by atoms with Crippen molar-refractivity contribution in [1.29, 1.82) is 0 Å². The molecular formula is C15H23N3O2. The van der Waals surface area contributed by atoms with Crippen molar-refractivity contribution in [2.75, 3.05) is 18.9 Å². The average molecular weight is 277 g/mol. The van der Waals surface area contributed by atoms with E-state index in [0.29, 0.717) is 24.5 Å². The molecule has 2 unspecified atom stereocenters. The van der Waals surface area contributed by atoms with Gasteiger partial charge in [-0.05, 0) is 31.9 Å². The van der Waals surface area contributed by atoms with Crippen LogP contribution in [0.2, 0.25) is 0 Å². The minimum atomic E-state index is 0.00338. The van der Waals surface area contributed by atoms with Gasteiger partial charge in [0.2, 0.25) is 0 Å². The molecule has 1 saturated heterocycles. The summed E-state index contributed by atoms with van der Waals surface area (Å²) in [6, 6.07) is 3.58. The van der Waals surface area contributed by atoms with Crippen LogP contribution in [0.1, 0.15) is 49.7 Å². The molecule has 0 saturated carbocycles. The van der Waals surface area contributed by atoms with Gasteiger partial charge in [-0.1, -0.05) is 13.8 Å². The third kappa shape index (κ3) is 3.10. The van der Waals surface area contributed by atoms with E-state index in [9.17, 15) is 4.79 Å². The highest BCUT2D eigenvalue weighted by molar-refractivity contribution is 5.95. The molecule has 2 N–H and O–H groups in total. The number of nitrogen functional groups attached to an aromatic ring is 1. The Morgan fingerprint density at radius 2 is 2.15 bits per heavy atom. The zero-order valence-electron chi connectivity index (χ0n) is 12.6. The summed E-state index contributed by atoms with van der Waals surface area (Å²) in [6.45, 7) is 9.24. The molecule has 20 heavy (non-hydrogen) atoms. The molecule has 110 valence electrons. The van der Waals surface area contributed by atoms with Crippen molar-refractivity contribution in [1.82, 2.24) is 9.88 Å². The molecule has 1 aliphatic rings. The number of carbonyl (C=O) groups is 1. The van der Waals surface area contributed by atoms with Crippen LogP contribution in [0.3, 0.4) is 0 Å². The molecule has 0 spiro atoms. The third-order valence-corrected chi connectivity index (χ3v) is 3.57. The summed E-state index contributed by atoms with van der Waals surface area (Å²) in [4.78, 5) is 18.8. The fraction of sp³-hybridized carbons (Fsp3) is 0.600. The molecule has 1 fully saturated rings. The second-order valence-corrected chi connectivity index (χ2v) is 5.81. The Hall–Kier alpha value is -1.62. The predicted molar refractivity (Wildman–Crippen MR) is 78.7 cm³/mol. The standard InChI is InChI=1S/C15H23N3O2/c1-9(2)13-5-12(6-14(16)17-13)15(19)18-7-11(4)20-8-10(18)3/h5-6,9-11H,7-8H2,1-4H3,(H2,16,17). The average Bonchev–Trinajstić information content (AvgIpc) is 2.40. The fourth-order valence-electron chi connectivity index (χ4n) is 2.35. The third-order valence-electron chi connectivity index (χ3n) is 3.57. The molecule has 0 radical (unpaired) electrons. The van der Waals surface area contributed by atoms with E-state index in [0.717, 1.165) is 5.69 Å². The lowest BCUT2D eigenvalue weighted by atomic mass is 10.1. The first-order chi connectivity index (χ1) is 9.38.